The van der Waals surface area contributed by atoms with Gasteiger partial charge in [-0.05, 0) is 86.8 Å². The Morgan fingerprint density at radius 3 is 2.22 bits per heavy atom. The second-order valence-electron chi connectivity index (χ2n) is 9.35. The number of aryl methyl sites for hydroxylation is 2. The standard InChI is InChI=1S/C30H30N2O5/c1-5-31(6-2)22-10-7-20(8-11-22)27-26(28(33)21-9-12-24-25(16-21)37-17-36-24)29(34)30(35)32(27)23-14-18(3)13-19(4)15-23/h7-16,27,33H,5-6,17H2,1-4H3/b28-26-. The molecule has 0 bridgehead atoms. The van der Waals surface area contributed by atoms with Crippen LogP contribution in [0.2, 0.25) is 0 Å². The van der Waals surface area contributed by atoms with Crippen LogP contribution >= 0.6 is 0 Å². The van der Waals surface area contributed by atoms with Crippen LogP contribution in [0.15, 0.2) is 66.2 Å². The predicted octanol–water partition coefficient (Wildman–Crippen LogP) is 5.50. The van der Waals surface area contributed by atoms with Crippen molar-refractivity contribution in [3.05, 3.63) is 88.5 Å². The van der Waals surface area contributed by atoms with Gasteiger partial charge >= 0.3 is 0 Å². The van der Waals surface area contributed by atoms with Gasteiger partial charge in [0.1, 0.15) is 5.76 Å². The number of nitrogens with zero attached hydrogens (tertiary/aromatic N) is 2. The highest BCUT2D eigenvalue weighted by Gasteiger charge is 2.47. The minimum atomic E-state index is -0.794. The number of ketones is 1. The van der Waals surface area contributed by atoms with E-state index in [1.165, 1.54) is 4.90 Å². The summed E-state index contributed by atoms with van der Waals surface area (Å²) in [4.78, 5) is 30.7. The molecule has 1 amide bonds. The second kappa shape index (κ2) is 9.65. The van der Waals surface area contributed by atoms with E-state index in [0.717, 1.165) is 35.5 Å². The van der Waals surface area contributed by atoms with Gasteiger partial charge in [-0.15, -0.1) is 0 Å². The number of ether oxygens (including phenoxy) is 2. The number of anilines is 2. The third-order valence-electron chi connectivity index (χ3n) is 6.91. The molecule has 0 spiro atoms. The van der Waals surface area contributed by atoms with Crippen molar-refractivity contribution < 1.29 is 24.2 Å². The van der Waals surface area contributed by atoms with E-state index >= 15 is 0 Å². The van der Waals surface area contributed by atoms with Crippen LogP contribution in [0.4, 0.5) is 11.4 Å². The molecule has 37 heavy (non-hydrogen) atoms. The van der Waals surface area contributed by atoms with E-state index in [9.17, 15) is 14.7 Å². The molecule has 190 valence electrons. The lowest BCUT2D eigenvalue weighted by atomic mass is 9.94. The second-order valence-corrected chi connectivity index (χ2v) is 9.35. The topological polar surface area (TPSA) is 79.3 Å². The molecule has 0 aliphatic carbocycles. The lowest BCUT2D eigenvalue weighted by Crippen LogP contribution is -2.29. The Morgan fingerprint density at radius 1 is 0.919 bits per heavy atom. The van der Waals surface area contributed by atoms with Crippen LogP contribution in [0.25, 0.3) is 5.76 Å². The number of Topliss-reactive ketones (excluding diaryl/α,β-unsaturated/α-hetero) is 1. The van der Waals surface area contributed by atoms with E-state index in [4.69, 9.17) is 9.47 Å². The number of hydrogen-bond acceptors (Lipinski definition) is 6. The summed E-state index contributed by atoms with van der Waals surface area (Å²) < 4.78 is 10.8. The minimum Gasteiger partial charge on any atom is -0.507 e. The Labute approximate surface area is 216 Å². The summed E-state index contributed by atoms with van der Waals surface area (Å²) in [5, 5.41) is 11.4. The first-order valence-electron chi connectivity index (χ1n) is 12.5. The zero-order valence-electron chi connectivity index (χ0n) is 21.4. The maximum absolute atomic E-state index is 13.5. The van der Waals surface area contributed by atoms with Crippen molar-refractivity contribution >= 4 is 28.8 Å². The van der Waals surface area contributed by atoms with Gasteiger partial charge in [0.15, 0.2) is 11.5 Å². The van der Waals surface area contributed by atoms with Crippen molar-refractivity contribution in [1.82, 2.24) is 0 Å². The highest BCUT2D eigenvalue weighted by molar-refractivity contribution is 6.51. The van der Waals surface area contributed by atoms with Crippen molar-refractivity contribution in [2.24, 2.45) is 0 Å². The SMILES string of the molecule is CCN(CC)c1ccc(C2/C(=C(/O)c3ccc4c(c3)OCO4)C(=O)C(=O)N2c2cc(C)cc(C)c2)cc1. The highest BCUT2D eigenvalue weighted by Crippen LogP contribution is 2.44. The van der Waals surface area contributed by atoms with Gasteiger partial charge in [-0.2, -0.15) is 0 Å². The molecule has 1 unspecified atom stereocenters. The minimum absolute atomic E-state index is 0.0404. The molecule has 1 atom stereocenters. The van der Waals surface area contributed by atoms with Gasteiger partial charge in [-0.3, -0.25) is 14.5 Å². The molecule has 2 heterocycles. The van der Waals surface area contributed by atoms with Gasteiger partial charge in [0.25, 0.3) is 11.7 Å². The monoisotopic (exact) mass is 498 g/mol. The van der Waals surface area contributed by atoms with Gasteiger partial charge in [-0.1, -0.05) is 18.2 Å². The molecular formula is C30H30N2O5. The molecule has 0 aromatic heterocycles. The molecule has 1 fully saturated rings. The first-order valence-corrected chi connectivity index (χ1v) is 12.5. The lowest BCUT2D eigenvalue weighted by molar-refractivity contribution is -0.132. The van der Waals surface area contributed by atoms with E-state index in [1.54, 1.807) is 18.2 Å². The first kappa shape index (κ1) is 24.4. The predicted molar refractivity (Wildman–Crippen MR) is 143 cm³/mol. The van der Waals surface area contributed by atoms with Crippen molar-refractivity contribution in [2.75, 3.05) is 29.7 Å². The van der Waals surface area contributed by atoms with E-state index in [0.29, 0.717) is 22.7 Å². The molecule has 2 aliphatic heterocycles. The van der Waals surface area contributed by atoms with Crippen LogP contribution < -0.4 is 19.3 Å². The Hall–Kier alpha value is -4.26. The summed E-state index contributed by atoms with van der Waals surface area (Å²) in [6, 6.07) is 17.8. The Balaban J connectivity index is 1.68. The van der Waals surface area contributed by atoms with Gasteiger partial charge in [0.05, 0.1) is 11.6 Å². The largest absolute Gasteiger partial charge is 0.507 e. The van der Waals surface area contributed by atoms with E-state index in [2.05, 4.69) is 18.7 Å². The molecule has 3 aromatic rings. The summed E-state index contributed by atoms with van der Waals surface area (Å²) in [5.41, 5.74) is 4.77. The average Bonchev–Trinajstić information content (AvgIpc) is 3.46. The molecule has 5 rings (SSSR count). The smallest absolute Gasteiger partial charge is 0.300 e. The molecule has 0 radical (unpaired) electrons. The molecule has 7 nitrogen and oxygen atoms in total. The van der Waals surface area contributed by atoms with E-state index in [1.807, 2.05) is 56.3 Å². The third kappa shape index (κ3) is 4.31. The maximum Gasteiger partial charge on any atom is 0.300 e. The van der Waals surface area contributed by atoms with Gasteiger partial charge in [0, 0.05) is 30.0 Å². The fraction of sp³-hybridized carbons (Fsp3) is 0.267. The van der Waals surface area contributed by atoms with Crippen molar-refractivity contribution in [1.29, 1.82) is 0 Å². The summed E-state index contributed by atoms with van der Waals surface area (Å²) in [6.07, 6.45) is 0. The Kier molecular flexibility index (Phi) is 6.38. The fourth-order valence-electron chi connectivity index (χ4n) is 5.16. The van der Waals surface area contributed by atoms with Crippen LogP contribution in [0.1, 0.15) is 42.1 Å². The molecule has 3 aromatic carbocycles. The third-order valence-corrected chi connectivity index (χ3v) is 6.91. The molecule has 1 N–H and O–H groups in total. The van der Waals surface area contributed by atoms with Crippen molar-refractivity contribution in [3.63, 3.8) is 0 Å². The number of carbonyl (C=O) groups excluding carboxylic acids is 2. The van der Waals surface area contributed by atoms with Crippen LogP contribution in [0, 0.1) is 13.8 Å². The Bertz CT molecular complexity index is 1390. The number of rotatable bonds is 6. The maximum atomic E-state index is 13.5. The number of fused-ring (bicyclic) bond motifs is 1. The van der Waals surface area contributed by atoms with Crippen LogP contribution in [-0.2, 0) is 9.59 Å². The summed E-state index contributed by atoms with van der Waals surface area (Å²) >= 11 is 0. The zero-order valence-corrected chi connectivity index (χ0v) is 21.4. The van der Waals surface area contributed by atoms with E-state index in [-0.39, 0.29) is 18.1 Å². The molecule has 1 saturated heterocycles. The summed E-state index contributed by atoms with van der Waals surface area (Å²) in [7, 11) is 0. The number of benzene rings is 3. The van der Waals surface area contributed by atoms with Crippen LogP contribution in [-0.4, -0.2) is 36.7 Å². The van der Waals surface area contributed by atoms with E-state index < -0.39 is 17.7 Å². The number of aliphatic hydroxyl groups excluding tert-OH is 1. The fourth-order valence-corrected chi connectivity index (χ4v) is 5.16. The zero-order chi connectivity index (χ0) is 26.3. The van der Waals surface area contributed by atoms with Gasteiger partial charge in [0.2, 0.25) is 6.79 Å². The number of aliphatic hydroxyl groups is 1. The number of hydrogen-bond donors (Lipinski definition) is 1. The van der Waals surface area contributed by atoms with Crippen molar-refractivity contribution in [3.8, 4) is 11.5 Å². The average molecular weight is 499 g/mol. The van der Waals surface area contributed by atoms with Crippen LogP contribution in [0.3, 0.4) is 0 Å². The highest BCUT2D eigenvalue weighted by atomic mass is 16.7. The Morgan fingerprint density at radius 2 is 1.57 bits per heavy atom. The quantitative estimate of drug-likeness (QED) is 0.275. The molecule has 7 heteroatoms. The molecular weight excluding hydrogens is 468 g/mol. The summed E-state index contributed by atoms with van der Waals surface area (Å²) in [5.74, 6) is -0.609. The van der Waals surface area contributed by atoms with Gasteiger partial charge < -0.3 is 19.5 Å². The number of amides is 1. The van der Waals surface area contributed by atoms with Gasteiger partial charge in [-0.25, -0.2) is 0 Å². The normalized spacial score (nSPS) is 17.9. The molecule has 0 saturated carbocycles. The number of carbonyl (C=O) groups is 2. The first-order chi connectivity index (χ1) is 17.8. The van der Waals surface area contributed by atoms with Crippen LogP contribution in [0.5, 0.6) is 11.5 Å². The van der Waals surface area contributed by atoms with Crippen molar-refractivity contribution in [2.45, 2.75) is 33.7 Å². The molecule has 2 aliphatic rings. The summed E-state index contributed by atoms with van der Waals surface area (Å²) in [6.45, 7) is 9.91. The lowest BCUT2D eigenvalue weighted by Gasteiger charge is -2.27.